The summed E-state index contributed by atoms with van der Waals surface area (Å²) in [6.07, 6.45) is 3.59. The predicted octanol–water partition coefficient (Wildman–Crippen LogP) is 3.22. The normalized spacial score (nSPS) is 14.6. The molecule has 0 radical (unpaired) electrons. The third-order valence-electron chi connectivity index (χ3n) is 3.83. The molecule has 25 heavy (non-hydrogen) atoms. The second kappa shape index (κ2) is 7.37. The molecule has 1 atom stereocenters. The molecule has 2 aromatic carbocycles. The molecule has 1 fully saturated rings. The van der Waals surface area contributed by atoms with E-state index in [0.29, 0.717) is 21.7 Å². The average molecular weight is 377 g/mol. The molecule has 1 saturated carbocycles. The number of halogens is 1. The van der Waals surface area contributed by atoms with Crippen molar-refractivity contribution in [3.05, 3.63) is 58.6 Å². The van der Waals surface area contributed by atoms with E-state index in [4.69, 9.17) is 11.6 Å². The number of hydrogen-bond acceptors (Lipinski definition) is 3. The number of benzene rings is 2. The smallest absolute Gasteiger partial charge is 0.255 e. The zero-order chi connectivity index (χ0) is 18.0. The maximum atomic E-state index is 12.3. The Morgan fingerprint density at radius 1 is 1.08 bits per heavy atom. The topological polar surface area (TPSA) is 75.3 Å². The minimum absolute atomic E-state index is 0.200. The molecule has 5 nitrogen and oxygen atoms in total. The average Bonchev–Trinajstić information content (AvgIpc) is 3.38. The molecule has 2 N–H and O–H groups in total. The van der Waals surface area contributed by atoms with E-state index < -0.39 is 10.8 Å². The number of anilines is 1. The number of rotatable bonds is 5. The first-order valence-corrected chi connectivity index (χ1v) is 9.73. The molecule has 0 aromatic heterocycles. The van der Waals surface area contributed by atoms with Gasteiger partial charge in [-0.2, -0.15) is 0 Å². The summed E-state index contributed by atoms with van der Waals surface area (Å²) in [7, 11) is -1.09. The molecule has 3 rings (SSSR count). The van der Waals surface area contributed by atoms with Gasteiger partial charge in [0, 0.05) is 39.2 Å². The summed E-state index contributed by atoms with van der Waals surface area (Å²) in [5, 5.41) is 5.90. The molecule has 7 heteroatoms. The van der Waals surface area contributed by atoms with E-state index in [1.54, 1.807) is 48.7 Å². The zero-order valence-electron chi connectivity index (χ0n) is 13.5. The zero-order valence-corrected chi connectivity index (χ0v) is 15.1. The Kier molecular flexibility index (Phi) is 5.20. The van der Waals surface area contributed by atoms with E-state index in [2.05, 4.69) is 10.6 Å². The van der Waals surface area contributed by atoms with Crippen LogP contribution >= 0.6 is 11.6 Å². The van der Waals surface area contributed by atoms with Crippen LogP contribution in [-0.4, -0.2) is 28.3 Å². The lowest BCUT2D eigenvalue weighted by molar-refractivity contribution is 0.0950. The van der Waals surface area contributed by atoms with Crippen LogP contribution in [0.15, 0.2) is 47.4 Å². The number of carbonyl (C=O) groups is 2. The lowest BCUT2D eigenvalue weighted by Crippen LogP contribution is -2.25. The fraction of sp³-hybridized carbons (Fsp3) is 0.222. The molecule has 0 aliphatic heterocycles. The van der Waals surface area contributed by atoms with E-state index in [-0.39, 0.29) is 22.9 Å². The van der Waals surface area contributed by atoms with Gasteiger partial charge in [0.05, 0.1) is 10.6 Å². The van der Waals surface area contributed by atoms with Gasteiger partial charge in [-0.05, 0) is 55.3 Å². The van der Waals surface area contributed by atoms with E-state index in [1.165, 1.54) is 0 Å². The molecular formula is C18H17ClN2O3S. The Morgan fingerprint density at radius 3 is 2.32 bits per heavy atom. The third-order valence-corrected chi connectivity index (χ3v) is 5.08. The second-order valence-electron chi connectivity index (χ2n) is 5.87. The molecule has 0 saturated heterocycles. The second-order valence-corrected chi connectivity index (χ2v) is 7.66. The SMILES string of the molecule is CS(=O)c1ccc(C(=O)Nc2ccc(C(=O)NC3CC3)c(Cl)c2)cc1. The van der Waals surface area contributed by atoms with Crippen LogP contribution in [0.3, 0.4) is 0 Å². The van der Waals surface area contributed by atoms with Crippen molar-refractivity contribution in [1.82, 2.24) is 5.32 Å². The van der Waals surface area contributed by atoms with Gasteiger partial charge < -0.3 is 10.6 Å². The van der Waals surface area contributed by atoms with Crippen LogP contribution < -0.4 is 10.6 Å². The van der Waals surface area contributed by atoms with Gasteiger partial charge in [0.2, 0.25) is 0 Å². The van der Waals surface area contributed by atoms with E-state index >= 15 is 0 Å². The van der Waals surface area contributed by atoms with Crippen LogP contribution in [0.25, 0.3) is 0 Å². The van der Waals surface area contributed by atoms with Gasteiger partial charge >= 0.3 is 0 Å². The van der Waals surface area contributed by atoms with Crippen molar-refractivity contribution in [2.75, 3.05) is 11.6 Å². The number of carbonyl (C=O) groups excluding carboxylic acids is 2. The van der Waals surface area contributed by atoms with Gasteiger partial charge in [0.15, 0.2) is 0 Å². The molecular weight excluding hydrogens is 360 g/mol. The highest BCUT2D eigenvalue weighted by molar-refractivity contribution is 7.84. The Morgan fingerprint density at radius 2 is 1.76 bits per heavy atom. The molecule has 0 spiro atoms. The largest absolute Gasteiger partial charge is 0.349 e. The number of nitrogens with one attached hydrogen (secondary N) is 2. The molecule has 0 bridgehead atoms. The van der Waals surface area contributed by atoms with Gasteiger partial charge in [-0.1, -0.05) is 11.6 Å². The number of hydrogen-bond donors (Lipinski definition) is 2. The van der Waals surface area contributed by atoms with E-state index in [9.17, 15) is 13.8 Å². The summed E-state index contributed by atoms with van der Waals surface area (Å²) >= 11 is 6.17. The quantitative estimate of drug-likeness (QED) is 0.841. The monoisotopic (exact) mass is 376 g/mol. The van der Waals surface area contributed by atoms with Crippen molar-refractivity contribution in [2.24, 2.45) is 0 Å². The first-order valence-electron chi connectivity index (χ1n) is 7.79. The van der Waals surface area contributed by atoms with Crippen molar-refractivity contribution >= 4 is 39.9 Å². The lowest BCUT2D eigenvalue weighted by Gasteiger charge is -2.09. The van der Waals surface area contributed by atoms with Crippen molar-refractivity contribution < 1.29 is 13.8 Å². The highest BCUT2D eigenvalue weighted by Crippen LogP contribution is 2.24. The van der Waals surface area contributed by atoms with Crippen LogP contribution in [0.5, 0.6) is 0 Å². The summed E-state index contributed by atoms with van der Waals surface area (Å²) in [5.74, 6) is -0.506. The van der Waals surface area contributed by atoms with Gasteiger partial charge in [0.25, 0.3) is 11.8 Å². The summed E-state index contributed by atoms with van der Waals surface area (Å²) in [6, 6.07) is 11.6. The summed E-state index contributed by atoms with van der Waals surface area (Å²) in [6.45, 7) is 0. The van der Waals surface area contributed by atoms with Crippen LogP contribution in [0.1, 0.15) is 33.6 Å². The molecule has 2 aromatic rings. The maximum Gasteiger partial charge on any atom is 0.255 e. The highest BCUT2D eigenvalue weighted by atomic mass is 35.5. The summed E-state index contributed by atoms with van der Waals surface area (Å²) < 4.78 is 11.4. The number of amides is 2. The Bertz CT molecular complexity index is 848. The fourth-order valence-corrected chi connectivity index (χ4v) is 3.05. The molecule has 2 amide bonds. The summed E-state index contributed by atoms with van der Waals surface area (Å²) in [4.78, 5) is 25.0. The van der Waals surface area contributed by atoms with Gasteiger partial charge in [-0.15, -0.1) is 0 Å². The first kappa shape index (κ1) is 17.6. The van der Waals surface area contributed by atoms with Crippen LogP contribution in [0, 0.1) is 0 Å². The minimum Gasteiger partial charge on any atom is -0.349 e. The maximum absolute atomic E-state index is 12.3. The van der Waals surface area contributed by atoms with E-state index in [1.807, 2.05) is 0 Å². The molecule has 0 heterocycles. The highest BCUT2D eigenvalue weighted by Gasteiger charge is 2.24. The predicted molar refractivity (Wildman–Crippen MR) is 98.7 cm³/mol. The van der Waals surface area contributed by atoms with Gasteiger partial charge in [0.1, 0.15) is 0 Å². The Labute approximate surface area is 153 Å². The molecule has 1 unspecified atom stereocenters. The van der Waals surface area contributed by atoms with Crippen LogP contribution in [0.4, 0.5) is 5.69 Å². The molecule has 130 valence electrons. The van der Waals surface area contributed by atoms with Crippen molar-refractivity contribution in [2.45, 2.75) is 23.8 Å². The Hall–Kier alpha value is -2.18. The van der Waals surface area contributed by atoms with Crippen molar-refractivity contribution in [3.8, 4) is 0 Å². The van der Waals surface area contributed by atoms with Gasteiger partial charge in [-0.25, -0.2) is 0 Å². The minimum atomic E-state index is -1.09. The lowest BCUT2D eigenvalue weighted by atomic mass is 10.1. The first-order chi connectivity index (χ1) is 11.9. The fourth-order valence-electron chi connectivity index (χ4n) is 2.27. The summed E-state index contributed by atoms with van der Waals surface area (Å²) in [5.41, 5.74) is 1.34. The van der Waals surface area contributed by atoms with Crippen molar-refractivity contribution in [1.29, 1.82) is 0 Å². The molecule has 1 aliphatic carbocycles. The van der Waals surface area contributed by atoms with E-state index in [0.717, 1.165) is 12.8 Å². The van der Waals surface area contributed by atoms with Crippen molar-refractivity contribution in [3.63, 3.8) is 0 Å². The van der Waals surface area contributed by atoms with Gasteiger partial charge in [-0.3, -0.25) is 13.8 Å². The third kappa shape index (κ3) is 4.46. The van der Waals surface area contributed by atoms with Crippen LogP contribution in [-0.2, 0) is 10.8 Å². The standard InChI is InChI=1S/C18H17ClN2O3S/c1-25(24)14-7-2-11(3-8-14)17(22)21-13-6-9-15(16(19)10-13)18(23)20-12-4-5-12/h2-3,6-10,12H,4-5H2,1H3,(H,20,23)(H,21,22). The van der Waals surface area contributed by atoms with Crippen LogP contribution in [0.2, 0.25) is 5.02 Å². The Balaban J connectivity index is 1.69. The molecule has 1 aliphatic rings.